The van der Waals surface area contributed by atoms with Crippen molar-refractivity contribution in [1.29, 1.82) is 0 Å². The SMILES string of the molecule is CCCCOCCOCCN=C(NCC)N1CCN(c2nc(CC)ns2)CC1.I. The lowest BCUT2D eigenvalue weighted by Gasteiger charge is -2.36. The van der Waals surface area contributed by atoms with E-state index in [0.29, 0.717) is 26.4 Å². The minimum absolute atomic E-state index is 0. The highest BCUT2D eigenvalue weighted by Gasteiger charge is 2.21. The number of aryl methyl sites for hydroxylation is 1. The molecule has 0 aromatic carbocycles. The van der Waals surface area contributed by atoms with Gasteiger partial charge in [-0.25, -0.2) is 4.98 Å². The van der Waals surface area contributed by atoms with Crippen molar-refractivity contribution in [3.8, 4) is 0 Å². The lowest BCUT2D eigenvalue weighted by molar-refractivity contribution is 0.0497. The van der Waals surface area contributed by atoms with Crippen LogP contribution in [0.15, 0.2) is 4.99 Å². The largest absolute Gasteiger partial charge is 0.379 e. The maximum Gasteiger partial charge on any atom is 0.205 e. The molecule has 0 radical (unpaired) electrons. The van der Waals surface area contributed by atoms with Crippen molar-refractivity contribution in [1.82, 2.24) is 19.6 Å². The van der Waals surface area contributed by atoms with E-state index < -0.39 is 0 Å². The molecule has 2 rings (SSSR count). The van der Waals surface area contributed by atoms with Gasteiger partial charge in [0.25, 0.3) is 0 Å². The normalized spacial score (nSPS) is 14.8. The fourth-order valence-electron chi connectivity index (χ4n) is 2.84. The van der Waals surface area contributed by atoms with Crippen LogP contribution in [0.4, 0.5) is 5.13 Å². The molecule has 2 heterocycles. The molecule has 1 aromatic heterocycles. The average Bonchev–Trinajstić information content (AvgIpc) is 3.21. The molecule has 1 saturated heterocycles. The Balaban J connectivity index is 0.00000420. The Bertz CT molecular complexity index is 567. The Morgan fingerprint density at radius 3 is 2.41 bits per heavy atom. The molecule has 1 aliphatic heterocycles. The molecule has 0 spiro atoms. The van der Waals surface area contributed by atoms with E-state index in [9.17, 15) is 0 Å². The quantitative estimate of drug-likeness (QED) is 0.189. The summed E-state index contributed by atoms with van der Waals surface area (Å²) < 4.78 is 15.5. The molecule has 0 saturated carbocycles. The number of rotatable bonds is 12. The number of aliphatic imine (C=N–C) groups is 1. The molecule has 0 amide bonds. The van der Waals surface area contributed by atoms with Gasteiger partial charge in [0.05, 0.1) is 26.4 Å². The van der Waals surface area contributed by atoms with Gasteiger partial charge in [-0.2, -0.15) is 4.37 Å². The van der Waals surface area contributed by atoms with Gasteiger partial charge in [0, 0.05) is 57.3 Å². The second kappa shape index (κ2) is 16.0. The number of guanidine groups is 1. The lowest BCUT2D eigenvalue weighted by atomic mass is 10.3. The molecule has 1 N–H and O–H groups in total. The van der Waals surface area contributed by atoms with Crippen LogP contribution in [0.1, 0.15) is 39.4 Å². The van der Waals surface area contributed by atoms with Gasteiger partial charge in [0.1, 0.15) is 5.82 Å². The minimum atomic E-state index is 0. The van der Waals surface area contributed by atoms with E-state index in [1.54, 1.807) is 0 Å². The zero-order chi connectivity index (χ0) is 20.0. The van der Waals surface area contributed by atoms with Crippen LogP contribution in [-0.2, 0) is 15.9 Å². The average molecular weight is 541 g/mol. The molecule has 0 atom stereocenters. The summed E-state index contributed by atoms with van der Waals surface area (Å²) >= 11 is 1.50. The summed E-state index contributed by atoms with van der Waals surface area (Å²) in [5.74, 6) is 1.91. The van der Waals surface area contributed by atoms with Gasteiger partial charge in [0.2, 0.25) is 5.13 Å². The summed E-state index contributed by atoms with van der Waals surface area (Å²) in [6.45, 7) is 14.4. The first-order valence-electron chi connectivity index (χ1n) is 10.5. The summed E-state index contributed by atoms with van der Waals surface area (Å²) in [5.41, 5.74) is 0. The van der Waals surface area contributed by atoms with Crippen molar-refractivity contribution in [3.63, 3.8) is 0 Å². The van der Waals surface area contributed by atoms with Gasteiger partial charge < -0.3 is 24.6 Å². The standard InChI is InChI=1S/C19H36N6O2S.HI/c1-4-7-13-26-15-16-27-14-8-21-18(20-6-3)24-9-11-25(12-10-24)19-22-17(5-2)23-28-19;/h4-16H2,1-3H3,(H,20,21);1H. The summed E-state index contributed by atoms with van der Waals surface area (Å²) in [6.07, 6.45) is 3.17. The molecule has 0 aliphatic carbocycles. The van der Waals surface area contributed by atoms with Gasteiger partial charge in [-0.1, -0.05) is 20.3 Å². The summed E-state index contributed by atoms with van der Waals surface area (Å²) in [5, 5.41) is 4.43. The topological polar surface area (TPSA) is 75.1 Å². The zero-order valence-corrected chi connectivity index (χ0v) is 21.2. The highest BCUT2D eigenvalue weighted by atomic mass is 127. The highest BCUT2D eigenvalue weighted by molar-refractivity contribution is 14.0. The second-order valence-electron chi connectivity index (χ2n) is 6.63. The van der Waals surface area contributed by atoms with Gasteiger partial charge in [0.15, 0.2) is 5.96 Å². The van der Waals surface area contributed by atoms with E-state index in [1.807, 2.05) is 0 Å². The smallest absolute Gasteiger partial charge is 0.205 e. The van der Waals surface area contributed by atoms with E-state index in [4.69, 9.17) is 14.5 Å². The Morgan fingerprint density at radius 2 is 1.79 bits per heavy atom. The van der Waals surface area contributed by atoms with Crippen LogP contribution < -0.4 is 10.2 Å². The molecule has 168 valence electrons. The van der Waals surface area contributed by atoms with Crippen LogP contribution in [0, 0.1) is 0 Å². The Hall–Kier alpha value is -0.720. The molecular weight excluding hydrogens is 503 g/mol. The Labute approximate surface area is 196 Å². The summed E-state index contributed by atoms with van der Waals surface area (Å²) in [7, 11) is 0. The summed E-state index contributed by atoms with van der Waals surface area (Å²) in [4.78, 5) is 14.0. The number of aromatic nitrogens is 2. The molecule has 1 fully saturated rings. The number of ether oxygens (including phenoxy) is 2. The Morgan fingerprint density at radius 1 is 1.07 bits per heavy atom. The van der Waals surface area contributed by atoms with Crippen molar-refractivity contribution in [2.45, 2.75) is 40.0 Å². The lowest BCUT2D eigenvalue weighted by Crippen LogP contribution is -2.52. The summed E-state index contributed by atoms with van der Waals surface area (Å²) in [6, 6.07) is 0. The maximum atomic E-state index is 5.62. The van der Waals surface area contributed by atoms with E-state index >= 15 is 0 Å². The molecule has 8 nitrogen and oxygen atoms in total. The van der Waals surface area contributed by atoms with Crippen molar-refractivity contribution in [2.24, 2.45) is 4.99 Å². The molecule has 0 bridgehead atoms. The van der Waals surface area contributed by atoms with E-state index in [-0.39, 0.29) is 24.0 Å². The number of hydrogen-bond donors (Lipinski definition) is 1. The predicted octanol–water partition coefficient (Wildman–Crippen LogP) is 2.64. The van der Waals surface area contributed by atoms with Crippen LogP contribution in [0.5, 0.6) is 0 Å². The third kappa shape index (κ3) is 9.75. The van der Waals surface area contributed by atoms with Crippen molar-refractivity contribution >= 4 is 46.6 Å². The van der Waals surface area contributed by atoms with Crippen molar-refractivity contribution in [3.05, 3.63) is 5.82 Å². The zero-order valence-electron chi connectivity index (χ0n) is 18.1. The van der Waals surface area contributed by atoms with Crippen molar-refractivity contribution in [2.75, 3.05) is 70.6 Å². The predicted molar refractivity (Wildman–Crippen MR) is 131 cm³/mol. The first-order valence-corrected chi connectivity index (χ1v) is 11.3. The molecular formula is C19H37IN6O2S. The molecule has 0 unspecified atom stereocenters. The van der Waals surface area contributed by atoms with Gasteiger partial charge in [-0.15, -0.1) is 24.0 Å². The number of nitrogens with zero attached hydrogens (tertiary/aromatic N) is 5. The Kier molecular flexibility index (Phi) is 14.5. The molecule has 1 aromatic rings. The van der Waals surface area contributed by atoms with Crippen LogP contribution in [0.25, 0.3) is 0 Å². The number of unbranched alkanes of at least 4 members (excludes halogenated alkanes) is 1. The number of hydrogen-bond acceptors (Lipinski definition) is 7. The molecule has 1 aliphatic rings. The number of piperazine rings is 1. The third-order valence-electron chi connectivity index (χ3n) is 4.47. The first kappa shape index (κ1) is 26.3. The molecule has 29 heavy (non-hydrogen) atoms. The number of halogens is 1. The van der Waals surface area contributed by atoms with Crippen LogP contribution >= 0.6 is 35.5 Å². The second-order valence-corrected chi connectivity index (χ2v) is 7.37. The number of nitrogens with one attached hydrogen (secondary N) is 1. The van der Waals surface area contributed by atoms with Gasteiger partial charge in [-0.05, 0) is 13.3 Å². The minimum Gasteiger partial charge on any atom is -0.379 e. The van der Waals surface area contributed by atoms with Crippen LogP contribution in [0.3, 0.4) is 0 Å². The monoisotopic (exact) mass is 540 g/mol. The number of anilines is 1. The maximum absolute atomic E-state index is 5.62. The van der Waals surface area contributed by atoms with Crippen molar-refractivity contribution < 1.29 is 9.47 Å². The van der Waals surface area contributed by atoms with E-state index in [1.165, 1.54) is 11.5 Å². The first-order chi connectivity index (χ1) is 13.8. The van der Waals surface area contributed by atoms with Crippen LogP contribution in [-0.4, -0.2) is 85.9 Å². The molecule has 10 heteroatoms. The van der Waals surface area contributed by atoms with Crippen LogP contribution in [0.2, 0.25) is 0 Å². The third-order valence-corrected chi connectivity index (χ3v) is 5.28. The van der Waals surface area contributed by atoms with Gasteiger partial charge >= 0.3 is 0 Å². The fourth-order valence-corrected chi connectivity index (χ4v) is 3.64. The highest BCUT2D eigenvalue weighted by Crippen LogP contribution is 2.19. The van der Waals surface area contributed by atoms with E-state index in [2.05, 4.69) is 45.2 Å². The van der Waals surface area contributed by atoms with Gasteiger partial charge in [-0.3, -0.25) is 4.99 Å². The fraction of sp³-hybridized carbons (Fsp3) is 0.842. The van der Waals surface area contributed by atoms with E-state index in [0.717, 1.165) is 75.5 Å².